The molecule has 0 saturated heterocycles. The van der Waals surface area contributed by atoms with Gasteiger partial charge in [-0.05, 0) is 60.2 Å². The summed E-state index contributed by atoms with van der Waals surface area (Å²) in [5, 5.41) is 0.540. The molecule has 5 heteroatoms. The minimum atomic E-state index is -0.627. The minimum absolute atomic E-state index is 0.115. The Hall–Kier alpha value is -2.27. The quantitative estimate of drug-likeness (QED) is 0.720. The van der Waals surface area contributed by atoms with Crippen LogP contribution < -0.4 is 5.73 Å². The highest BCUT2D eigenvalue weighted by molar-refractivity contribution is 5.92. The molecule has 2 aromatic carbocycles. The summed E-state index contributed by atoms with van der Waals surface area (Å²) in [5.74, 6) is -1.42. The maximum atomic E-state index is 14.1. The summed E-state index contributed by atoms with van der Waals surface area (Å²) < 4.78 is 41.0. The third-order valence-corrected chi connectivity index (χ3v) is 4.58. The molecular formula is C18H15F3N2. The molecule has 2 nitrogen and oxygen atoms in total. The molecule has 0 spiro atoms. The van der Waals surface area contributed by atoms with Gasteiger partial charge in [0.1, 0.15) is 17.5 Å². The number of hydrogen-bond acceptors (Lipinski definition) is 1. The van der Waals surface area contributed by atoms with Gasteiger partial charge in [-0.25, -0.2) is 13.2 Å². The van der Waals surface area contributed by atoms with E-state index in [1.54, 1.807) is 12.1 Å². The van der Waals surface area contributed by atoms with Gasteiger partial charge in [0.05, 0.1) is 11.2 Å². The monoisotopic (exact) mass is 316 g/mol. The van der Waals surface area contributed by atoms with Crippen LogP contribution in [0.5, 0.6) is 0 Å². The molecule has 1 fully saturated rings. The van der Waals surface area contributed by atoms with E-state index in [0.29, 0.717) is 11.1 Å². The molecule has 23 heavy (non-hydrogen) atoms. The third-order valence-electron chi connectivity index (χ3n) is 4.58. The molecule has 0 radical (unpaired) electrons. The van der Waals surface area contributed by atoms with Crippen LogP contribution in [0.25, 0.3) is 22.2 Å². The number of halogens is 3. The fraction of sp³-hybridized carbons (Fsp3) is 0.222. The van der Waals surface area contributed by atoms with E-state index in [0.717, 1.165) is 30.0 Å². The van der Waals surface area contributed by atoms with Gasteiger partial charge in [-0.3, -0.25) is 0 Å². The summed E-state index contributed by atoms with van der Waals surface area (Å²) >= 11 is 0. The second-order valence-electron chi connectivity index (χ2n) is 6.16. The van der Waals surface area contributed by atoms with Gasteiger partial charge in [0.15, 0.2) is 0 Å². The zero-order chi connectivity index (χ0) is 16.1. The fourth-order valence-electron chi connectivity index (χ4n) is 3.41. The SMILES string of the molecule is N[C@H]1C[C@H](c2c(-c3ccc(F)cc3)[nH]c3c(F)cc(F)cc32)C1. The van der Waals surface area contributed by atoms with Gasteiger partial charge in [-0.1, -0.05) is 0 Å². The Morgan fingerprint density at radius 2 is 1.65 bits per heavy atom. The van der Waals surface area contributed by atoms with Gasteiger partial charge in [0, 0.05) is 17.5 Å². The summed E-state index contributed by atoms with van der Waals surface area (Å²) in [6, 6.07) is 8.31. The van der Waals surface area contributed by atoms with Gasteiger partial charge in [0.25, 0.3) is 0 Å². The molecule has 0 bridgehead atoms. The molecule has 0 aliphatic heterocycles. The van der Waals surface area contributed by atoms with Crippen LogP contribution in [0.15, 0.2) is 36.4 Å². The van der Waals surface area contributed by atoms with Crippen LogP contribution in [0.2, 0.25) is 0 Å². The van der Waals surface area contributed by atoms with E-state index in [9.17, 15) is 13.2 Å². The average Bonchev–Trinajstić information content (AvgIpc) is 2.84. The highest BCUT2D eigenvalue weighted by Crippen LogP contribution is 2.45. The number of H-pyrrole nitrogens is 1. The minimum Gasteiger partial charge on any atom is -0.352 e. The summed E-state index contributed by atoms with van der Waals surface area (Å²) in [6.07, 6.45) is 1.55. The van der Waals surface area contributed by atoms with Crippen molar-refractivity contribution in [1.29, 1.82) is 0 Å². The molecule has 0 unspecified atom stereocenters. The molecule has 1 heterocycles. The van der Waals surface area contributed by atoms with E-state index in [4.69, 9.17) is 5.73 Å². The lowest BCUT2D eigenvalue weighted by Crippen LogP contribution is -2.34. The van der Waals surface area contributed by atoms with E-state index in [1.807, 2.05) is 0 Å². The first-order chi connectivity index (χ1) is 11.0. The first-order valence-corrected chi connectivity index (χ1v) is 7.55. The maximum Gasteiger partial charge on any atom is 0.150 e. The zero-order valence-electron chi connectivity index (χ0n) is 12.2. The van der Waals surface area contributed by atoms with E-state index < -0.39 is 11.6 Å². The maximum absolute atomic E-state index is 14.1. The van der Waals surface area contributed by atoms with Crippen molar-refractivity contribution in [1.82, 2.24) is 4.98 Å². The Balaban J connectivity index is 1.97. The molecule has 3 aromatic rings. The molecular weight excluding hydrogens is 301 g/mol. The molecule has 4 rings (SSSR count). The lowest BCUT2D eigenvalue weighted by atomic mass is 9.75. The topological polar surface area (TPSA) is 41.8 Å². The lowest BCUT2D eigenvalue weighted by molar-refractivity contribution is 0.354. The third kappa shape index (κ3) is 2.32. The van der Waals surface area contributed by atoms with Crippen LogP contribution >= 0.6 is 0 Å². The summed E-state index contributed by atoms with van der Waals surface area (Å²) in [7, 11) is 0. The second-order valence-corrected chi connectivity index (χ2v) is 6.16. The Morgan fingerprint density at radius 1 is 0.957 bits per heavy atom. The van der Waals surface area contributed by atoms with Gasteiger partial charge < -0.3 is 10.7 Å². The highest BCUT2D eigenvalue weighted by Gasteiger charge is 2.32. The predicted molar refractivity (Wildman–Crippen MR) is 83.6 cm³/mol. The molecule has 0 amide bonds. The normalized spacial score (nSPS) is 20.7. The van der Waals surface area contributed by atoms with E-state index in [1.165, 1.54) is 18.2 Å². The van der Waals surface area contributed by atoms with Gasteiger partial charge in [0.2, 0.25) is 0 Å². The number of hydrogen-bond donors (Lipinski definition) is 2. The molecule has 118 valence electrons. The standard InChI is InChI=1S/C18H15F3N2/c19-11-3-1-9(2-4-11)17-16(10-5-13(22)6-10)14-7-12(20)8-15(21)18(14)23-17/h1-4,7-8,10,13,23H,5-6,22H2/t10-,13-. The van der Waals surface area contributed by atoms with E-state index in [2.05, 4.69) is 4.98 Å². The largest absolute Gasteiger partial charge is 0.352 e. The number of benzene rings is 2. The molecule has 0 atom stereocenters. The summed E-state index contributed by atoms with van der Waals surface area (Å²) in [5.41, 5.74) is 8.48. The van der Waals surface area contributed by atoms with Crippen molar-refractivity contribution in [3.05, 3.63) is 59.4 Å². The first-order valence-electron chi connectivity index (χ1n) is 7.55. The van der Waals surface area contributed by atoms with Crippen LogP contribution in [0.3, 0.4) is 0 Å². The van der Waals surface area contributed by atoms with Crippen molar-refractivity contribution < 1.29 is 13.2 Å². The molecule has 1 aromatic heterocycles. The van der Waals surface area contributed by atoms with Crippen LogP contribution in [-0.4, -0.2) is 11.0 Å². The van der Waals surface area contributed by atoms with Gasteiger partial charge in [-0.15, -0.1) is 0 Å². The van der Waals surface area contributed by atoms with E-state index >= 15 is 0 Å². The van der Waals surface area contributed by atoms with Gasteiger partial charge >= 0.3 is 0 Å². The summed E-state index contributed by atoms with van der Waals surface area (Å²) in [6.45, 7) is 0. The van der Waals surface area contributed by atoms with Crippen molar-refractivity contribution in [3.8, 4) is 11.3 Å². The van der Waals surface area contributed by atoms with Crippen LogP contribution in [0, 0.1) is 17.5 Å². The predicted octanol–water partition coefficient (Wildman–Crippen LogP) is 4.46. The number of fused-ring (bicyclic) bond motifs is 1. The number of aromatic nitrogens is 1. The average molecular weight is 316 g/mol. The number of aromatic amines is 1. The fourth-order valence-corrected chi connectivity index (χ4v) is 3.41. The smallest absolute Gasteiger partial charge is 0.150 e. The number of nitrogens with two attached hydrogens (primary N) is 1. The summed E-state index contributed by atoms with van der Waals surface area (Å²) in [4.78, 5) is 3.05. The van der Waals surface area contributed by atoms with Crippen molar-refractivity contribution in [3.63, 3.8) is 0 Å². The molecule has 1 saturated carbocycles. The van der Waals surface area contributed by atoms with Gasteiger partial charge in [-0.2, -0.15) is 0 Å². The van der Waals surface area contributed by atoms with Crippen molar-refractivity contribution in [2.24, 2.45) is 5.73 Å². The Morgan fingerprint density at radius 3 is 2.30 bits per heavy atom. The zero-order valence-corrected chi connectivity index (χ0v) is 12.2. The Bertz CT molecular complexity index is 877. The Kier molecular flexibility index (Phi) is 3.20. The number of rotatable bonds is 2. The molecule has 1 aliphatic rings. The van der Waals surface area contributed by atoms with Crippen molar-refractivity contribution in [2.75, 3.05) is 0 Å². The molecule has 1 aliphatic carbocycles. The van der Waals surface area contributed by atoms with Crippen LogP contribution in [-0.2, 0) is 0 Å². The van der Waals surface area contributed by atoms with Crippen molar-refractivity contribution >= 4 is 10.9 Å². The Labute approximate surface area is 131 Å². The highest BCUT2D eigenvalue weighted by atomic mass is 19.1. The second kappa shape index (κ2) is 5.13. The lowest BCUT2D eigenvalue weighted by Gasteiger charge is -2.33. The first kappa shape index (κ1) is 14.3. The van der Waals surface area contributed by atoms with Crippen LogP contribution in [0.4, 0.5) is 13.2 Å². The number of nitrogens with one attached hydrogen (secondary N) is 1. The van der Waals surface area contributed by atoms with E-state index in [-0.39, 0.29) is 23.3 Å². The van der Waals surface area contributed by atoms with Crippen LogP contribution in [0.1, 0.15) is 24.3 Å². The van der Waals surface area contributed by atoms with Crippen molar-refractivity contribution in [2.45, 2.75) is 24.8 Å². The molecule has 3 N–H and O–H groups in total.